The zero-order chi connectivity index (χ0) is 15.8. The maximum absolute atomic E-state index is 12.5. The molecule has 1 unspecified atom stereocenters. The van der Waals surface area contributed by atoms with E-state index in [0.717, 1.165) is 12.8 Å². The lowest BCUT2D eigenvalue weighted by atomic mass is 9.93. The Morgan fingerprint density at radius 3 is 2.33 bits per heavy atom. The van der Waals surface area contributed by atoms with Gasteiger partial charge in [-0.1, -0.05) is 26.2 Å². The first kappa shape index (κ1) is 18.3. The fourth-order valence-electron chi connectivity index (χ4n) is 2.94. The van der Waals surface area contributed by atoms with Gasteiger partial charge in [0.15, 0.2) is 0 Å². The van der Waals surface area contributed by atoms with Crippen molar-refractivity contribution in [2.45, 2.75) is 76.6 Å². The van der Waals surface area contributed by atoms with E-state index < -0.39 is 0 Å². The molecule has 1 fully saturated rings. The molecule has 0 spiro atoms. The van der Waals surface area contributed by atoms with Gasteiger partial charge in [0.05, 0.1) is 19.3 Å². The van der Waals surface area contributed by atoms with Crippen LogP contribution in [0.2, 0.25) is 0 Å². The van der Waals surface area contributed by atoms with E-state index in [2.05, 4.69) is 23.5 Å². The zero-order valence-electron chi connectivity index (χ0n) is 13.8. The molecule has 1 aliphatic carbocycles. The molecule has 122 valence electrons. The molecule has 21 heavy (non-hydrogen) atoms. The number of rotatable bonds is 7. The molecule has 0 aromatic carbocycles. The Morgan fingerprint density at radius 2 is 1.81 bits per heavy atom. The number of esters is 1. The van der Waals surface area contributed by atoms with E-state index >= 15 is 0 Å². The highest BCUT2D eigenvalue weighted by Gasteiger charge is 2.27. The molecule has 1 atom stereocenters. The highest BCUT2D eigenvalue weighted by Crippen LogP contribution is 2.25. The minimum Gasteiger partial charge on any atom is -0.469 e. The Bertz CT molecular complexity index is 340. The lowest BCUT2D eigenvalue weighted by molar-refractivity contribution is -0.140. The molecular formula is C16H29NO3S. The minimum absolute atomic E-state index is 0.113. The summed E-state index contributed by atoms with van der Waals surface area (Å²) < 4.78 is 4.66. The fourth-order valence-corrected chi connectivity index (χ4v) is 3.77. The van der Waals surface area contributed by atoms with Crippen molar-refractivity contribution in [2.75, 3.05) is 12.9 Å². The molecule has 0 N–H and O–H groups in total. The molecule has 0 bridgehead atoms. The second-order valence-electron chi connectivity index (χ2n) is 6.09. The van der Waals surface area contributed by atoms with Gasteiger partial charge in [-0.05, 0) is 26.7 Å². The van der Waals surface area contributed by atoms with Crippen LogP contribution < -0.4 is 0 Å². The SMILES string of the molecule is COC(=O)CC(C)SCC(=O)N(C(C)C)C1CCCCC1. The van der Waals surface area contributed by atoms with Crippen LogP contribution in [0.3, 0.4) is 0 Å². The van der Waals surface area contributed by atoms with E-state index in [1.54, 1.807) is 11.8 Å². The number of hydrogen-bond acceptors (Lipinski definition) is 4. The quantitative estimate of drug-likeness (QED) is 0.677. The van der Waals surface area contributed by atoms with Crippen LogP contribution in [0.4, 0.5) is 0 Å². The summed E-state index contributed by atoms with van der Waals surface area (Å²) in [5.41, 5.74) is 0. The smallest absolute Gasteiger partial charge is 0.306 e. The number of thioether (sulfide) groups is 1. The Balaban J connectivity index is 2.47. The maximum atomic E-state index is 12.5. The third-order valence-corrected chi connectivity index (χ3v) is 5.13. The Labute approximate surface area is 133 Å². The van der Waals surface area contributed by atoms with Gasteiger partial charge >= 0.3 is 5.97 Å². The van der Waals surface area contributed by atoms with E-state index in [1.807, 2.05) is 6.92 Å². The van der Waals surface area contributed by atoms with Crippen molar-refractivity contribution < 1.29 is 14.3 Å². The summed E-state index contributed by atoms with van der Waals surface area (Å²) >= 11 is 1.55. The highest BCUT2D eigenvalue weighted by atomic mass is 32.2. The van der Waals surface area contributed by atoms with Gasteiger partial charge in [-0.2, -0.15) is 0 Å². The molecule has 0 aromatic rings. The molecule has 1 aliphatic rings. The molecule has 0 saturated heterocycles. The highest BCUT2D eigenvalue weighted by molar-refractivity contribution is 8.00. The number of amides is 1. The lowest BCUT2D eigenvalue weighted by Gasteiger charge is -2.37. The van der Waals surface area contributed by atoms with Crippen LogP contribution in [0.1, 0.15) is 59.3 Å². The number of carbonyl (C=O) groups is 2. The summed E-state index contributed by atoms with van der Waals surface area (Å²) in [5, 5.41) is 0.113. The molecule has 5 heteroatoms. The summed E-state index contributed by atoms with van der Waals surface area (Å²) in [7, 11) is 1.40. The average Bonchev–Trinajstić information content (AvgIpc) is 2.46. The van der Waals surface area contributed by atoms with Gasteiger partial charge in [-0.25, -0.2) is 0 Å². The molecule has 4 nitrogen and oxygen atoms in total. The van der Waals surface area contributed by atoms with Gasteiger partial charge in [0, 0.05) is 17.3 Å². The number of methoxy groups -OCH3 is 1. The predicted octanol–water partition coefficient (Wildman–Crippen LogP) is 3.24. The third-order valence-electron chi connectivity index (χ3n) is 3.99. The fraction of sp³-hybridized carbons (Fsp3) is 0.875. The standard InChI is InChI=1S/C16H29NO3S/c1-12(2)17(14-8-6-5-7-9-14)15(18)11-21-13(3)10-16(19)20-4/h12-14H,5-11H2,1-4H3. The maximum Gasteiger partial charge on any atom is 0.306 e. The van der Waals surface area contributed by atoms with E-state index in [4.69, 9.17) is 0 Å². The van der Waals surface area contributed by atoms with Gasteiger partial charge in [0.2, 0.25) is 5.91 Å². The van der Waals surface area contributed by atoms with Crippen molar-refractivity contribution in [1.29, 1.82) is 0 Å². The molecule has 0 aromatic heterocycles. The van der Waals surface area contributed by atoms with Crippen molar-refractivity contribution in [3.05, 3.63) is 0 Å². The van der Waals surface area contributed by atoms with Gasteiger partial charge in [0.25, 0.3) is 0 Å². The largest absolute Gasteiger partial charge is 0.469 e. The van der Waals surface area contributed by atoms with E-state index in [1.165, 1.54) is 26.4 Å². The van der Waals surface area contributed by atoms with Crippen LogP contribution in [0.25, 0.3) is 0 Å². The first-order valence-corrected chi connectivity index (χ1v) is 9.00. The van der Waals surface area contributed by atoms with Crippen molar-refractivity contribution in [3.8, 4) is 0 Å². The summed E-state index contributed by atoms with van der Waals surface area (Å²) in [4.78, 5) is 25.8. The van der Waals surface area contributed by atoms with Gasteiger partial charge in [0.1, 0.15) is 0 Å². The number of ether oxygens (including phenoxy) is 1. The van der Waals surface area contributed by atoms with Crippen LogP contribution in [0.5, 0.6) is 0 Å². The van der Waals surface area contributed by atoms with Crippen LogP contribution in [-0.4, -0.2) is 47.0 Å². The number of carbonyl (C=O) groups excluding carboxylic acids is 2. The van der Waals surface area contributed by atoms with Gasteiger partial charge < -0.3 is 9.64 Å². The molecule has 0 heterocycles. The minimum atomic E-state index is -0.213. The van der Waals surface area contributed by atoms with E-state index in [9.17, 15) is 9.59 Å². The van der Waals surface area contributed by atoms with Crippen LogP contribution in [0, 0.1) is 0 Å². The zero-order valence-corrected chi connectivity index (χ0v) is 14.6. The van der Waals surface area contributed by atoms with Gasteiger partial charge in [-0.3, -0.25) is 9.59 Å². The second-order valence-corrected chi connectivity index (χ2v) is 7.52. The summed E-state index contributed by atoms with van der Waals surface area (Å²) in [5.74, 6) is 0.446. The average molecular weight is 315 g/mol. The Kier molecular flexibility index (Phi) is 8.15. The Hall–Kier alpha value is -0.710. The van der Waals surface area contributed by atoms with E-state index in [-0.39, 0.29) is 23.2 Å². The molecule has 0 radical (unpaired) electrons. The van der Waals surface area contributed by atoms with Crippen molar-refractivity contribution in [3.63, 3.8) is 0 Å². The van der Waals surface area contributed by atoms with Crippen LogP contribution >= 0.6 is 11.8 Å². The van der Waals surface area contributed by atoms with Crippen LogP contribution in [0.15, 0.2) is 0 Å². The normalized spacial score (nSPS) is 17.6. The van der Waals surface area contributed by atoms with Crippen molar-refractivity contribution in [2.24, 2.45) is 0 Å². The Morgan fingerprint density at radius 1 is 1.19 bits per heavy atom. The molecule has 1 amide bonds. The first-order chi connectivity index (χ1) is 9.95. The van der Waals surface area contributed by atoms with Gasteiger partial charge in [-0.15, -0.1) is 11.8 Å². The molecule has 0 aliphatic heterocycles. The number of nitrogens with zero attached hydrogens (tertiary/aromatic N) is 1. The second kappa shape index (κ2) is 9.34. The lowest BCUT2D eigenvalue weighted by Crippen LogP contribution is -2.46. The number of hydrogen-bond donors (Lipinski definition) is 0. The van der Waals surface area contributed by atoms with E-state index in [0.29, 0.717) is 18.2 Å². The van der Waals surface area contributed by atoms with Crippen molar-refractivity contribution in [1.82, 2.24) is 4.90 Å². The van der Waals surface area contributed by atoms with Crippen LogP contribution in [-0.2, 0) is 14.3 Å². The third kappa shape index (κ3) is 6.29. The summed E-state index contributed by atoms with van der Waals surface area (Å²) in [6.07, 6.45) is 6.37. The monoisotopic (exact) mass is 315 g/mol. The molecule has 1 rings (SSSR count). The topological polar surface area (TPSA) is 46.6 Å². The first-order valence-electron chi connectivity index (χ1n) is 7.95. The molecule has 1 saturated carbocycles. The van der Waals surface area contributed by atoms with Crippen molar-refractivity contribution >= 4 is 23.6 Å². The predicted molar refractivity (Wildman–Crippen MR) is 87.4 cm³/mol. The molecular weight excluding hydrogens is 286 g/mol. The summed E-state index contributed by atoms with van der Waals surface area (Å²) in [6, 6.07) is 0.653. The summed E-state index contributed by atoms with van der Waals surface area (Å²) in [6.45, 7) is 6.15.